The van der Waals surface area contributed by atoms with Crippen LogP contribution in [0.1, 0.15) is 39.0 Å². The predicted octanol–water partition coefficient (Wildman–Crippen LogP) is 4.29. The van der Waals surface area contributed by atoms with Gasteiger partial charge in [-0.15, -0.1) is 0 Å². The summed E-state index contributed by atoms with van der Waals surface area (Å²) in [7, 11) is 0. The van der Waals surface area contributed by atoms with Crippen molar-refractivity contribution in [1.29, 1.82) is 0 Å². The normalized spacial score (nSPS) is 22.2. The number of fused-ring (bicyclic) bond motifs is 2. The molecule has 0 fully saturated rings. The second kappa shape index (κ2) is 5.93. The van der Waals surface area contributed by atoms with Crippen LogP contribution in [0, 0.1) is 6.92 Å². The molecule has 1 atom stereocenters. The van der Waals surface area contributed by atoms with E-state index in [1.165, 1.54) is 10.5 Å². The van der Waals surface area contributed by atoms with Gasteiger partial charge in [0.05, 0.1) is 0 Å². The first kappa shape index (κ1) is 16.2. The fourth-order valence-electron chi connectivity index (χ4n) is 3.76. The minimum absolute atomic E-state index is 0.571. The van der Waals surface area contributed by atoms with Crippen LogP contribution in [0.3, 0.4) is 0 Å². The maximum absolute atomic E-state index is 2.45. The second-order valence-corrected chi connectivity index (χ2v) is 13.8. The van der Waals surface area contributed by atoms with Crippen molar-refractivity contribution < 1.29 is 22.8 Å². The van der Waals surface area contributed by atoms with Crippen LogP contribution in [-0.2, 0) is 22.8 Å². The van der Waals surface area contributed by atoms with Gasteiger partial charge in [0, 0.05) is 0 Å². The van der Waals surface area contributed by atoms with Gasteiger partial charge in [0.15, 0.2) is 0 Å². The molecule has 1 aromatic rings. The number of aryl methyl sites for hydroxylation is 1. The molecule has 0 nitrogen and oxygen atoms in total. The van der Waals surface area contributed by atoms with Crippen LogP contribution in [0.15, 0.2) is 39.8 Å². The number of hydrogen-bond acceptors (Lipinski definition) is 2. The Hall–Kier alpha value is -0.237. The molecule has 1 unspecified atom stereocenters. The van der Waals surface area contributed by atoms with Gasteiger partial charge >= 0.3 is 159 Å². The Balaban J connectivity index is 1.97. The summed E-state index contributed by atoms with van der Waals surface area (Å²) in [6.45, 7) is 11.5. The number of thioether (sulfide) groups is 1. The molecule has 0 amide bonds. The molecule has 0 N–H and O–H groups in total. The number of rotatable bonds is 2. The molecule has 0 spiro atoms. The van der Waals surface area contributed by atoms with Gasteiger partial charge in [0.25, 0.3) is 0 Å². The first-order valence-corrected chi connectivity index (χ1v) is 12.3. The van der Waals surface area contributed by atoms with E-state index < -0.39 is 22.8 Å². The van der Waals surface area contributed by atoms with E-state index in [0.29, 0.717) is 5.25 Å². The third kappa shape index (κ3) is 2.64. The average Bonchev–Trinajstić information content (AvgIpc) is 3.16. The Morgan fingerprint density at radius 2 is 2.00 bits per heavy atom. The predicted molar refractivity (Wildman–Crippen MR) is 102 cm³/mol. The Kier molecular flexibility index (Phi) is 4.19. The number of allylic oxidation sites excluding steroid dienone is 6. The van der Waals surface area contributed by atoms with Crippen molar-refractivity contribution in [3.63, 3.8) is 0 Å². The summed E-state index contributed by atoms with van der Waals surface area (Å²) in [5.74, 6) is 0. The van der Waals surface area contributed by atoms with E-state index in [2.05, 4.69) is 64.6 Å². The number of thiophene rings is 1. The van der Waals surface area contributed by atoms with Gasteiger partial charge in [0.1, 0.15) is 0 Å². The van der Waals surface area contributed by atoms with Gasteiger partial charge in [-0.25, -0.2) is 0 Å². The van der Waals surface area contributed by atoms with E-state index in [-0.39, 0.29) is 0 Å². The molecule has 117 valence electrons. The molecule has 2 heterocycles. The molecule has 0 saturated carbocycles. The summed E-state index contributed by atoms with van der Waals surface area (Å²) >= 11 is 3.59. The molecule has 1 aromatic heterocycles. The van der Waals surface area contributed by atoms with Crippen LogP contribution in [0.5, 0.6) is 0 Å². The van der Waals surface area contributed by atoms with E-state index in [1.54, 1.807) is 34.6 Å². The third-order valence-corrected chi connectivity index (χ3v) is 11.1. The SMILES string of the molecule is CC1=CCC(C2=C(C)SC3C2=c2cc(C)sc2=[C]3[Zr]=[C](C)C)=C1. The molecule has 0 saturated heterocycles. The monoisotopic (exact) mass is 415 g/mol. The quantitative estimate of drug-likeness (QED) is 0.693. The third-order valence-electron chi connectivity index (χ3n) is 4.58. The van der Waals surface area contributed by atoms with Crippen molar-refractivity contribution in [2.75, 3.05) is 0 Å². The Morgan fingerprint density at radius 3 is 2.65 bits per heavy atom. The van der Waals surface area contributed by atoms with E-state index >= 15 is 0 Å². The van der Waals surface area contributed by atoms with E-state index in [4.69, 9.17) is 0 Å². The van der Waals surface area contributed by atoms with Crippen LogP contribution in [-0.4, -0.2) is 8.46 Å². The van der Waals surface area contributed by atoms with Crippen LogP contribution in [0.25, 0.3) is 8.85 Å². The summed E-state index contributed by atoms with van der Waals surface area (Å²) in [6, 6.07) is 2.45. The van der Waals surface area contributed by atoms with Gasteiger partial charge in [-0.3, -0.25) is 0 Å². The Morgan fingerprint density at radius 1 is 1.22 bits per heavy atom. The molecule has 4 rings (SSSR count). The van der Waals surface area contributed by atoms with E-state index in [0.717, 1.165) is 6.42 Å². The molecule has 3 heteroatoms. The van der Waals surface area contributed by atoms with Crippen molar-refractivity contribution in [3.05, 3.63) is 54.5 Å². The van der Waals surface area contributed by atoms with Crippen molar-refractivity contribution in [1.82, 2.24) is 0 Å². The fraction of sp³-hybridized carbons (Fsp3) is 0.350. The van der Waals surface area contributed by atoms with Crippen molar-refractivity contribution in [2.24, 2.45) is 0 Å². The zero-order valence-electron chi connectivity index (χ0n) is 14.3. The van der Waals surface area contributed by atoms with Gasteiger partial charge in [-0.05, 0) is 0 Å². The molecule has 0 aromatic carbocycles. The van der Waals surface area contributed by atoms with Crippen LogP contribution in [0.2, 0.25) is 0 Å². The van der Waals surface area contributed by atoms with E-state index in [1.807, 2.05) is 14.6 Å². The van der Waals surface area contributed by atoms with Crippen LogP contribution < -0.4 is 9.75 Å². The summed E-state index contributed by atoms with van der Waals surface area (Å²) in [4.78, 5) is 3.01. The summed E-state index contributed by atoms with van der Waals surface area (Å²) in [5.41, 5.74) is 6.20. The first-order valence-electron chi connectivity index (χ1n) is 8.13. The molecular weight excluding hydrogens is 396 g/mol. The maximum atomic E-state index is 2.45. The standard InChI is InChI=1S/C17H15S2.C3H6.Zr/c1-9-4-5-12(6-9)16-11(3)19-15-8-14-13(17(15)16)7-10(2)18-14;1-3-2;/h4,6-7,15H,5H2,1-3H3;1-2H3;. The Labute approximate surface area is 157 Å². The van der Waals surface area contributed by atoms with Crippen molar-refractivity contribution >= 4 is 35.2 Å². The Bertz CT molecular complexity index is 960. The average molecular weight is 417 g/mol. The minimum atomic E-state index is -0.571. The summed E-state index contributed by atoms with van der Waals surface area (Å²) < 4.78 is 5.14. The first-order chi connectivity index (χ1) is 11.0. The number of hydrogen-bond donors (Lipinski definition) is 0. The second-order valence-electron chi connectivity index (χ2n) is 6.80. The van der Waals surface area contributed by atoms with Crippen LogP contribution >= 0.6 is 23.1 Å². The summed E-state index contributed by atoms with van der Waals surface area (Å²) in [5, 5.41) is 2.20. The molecule has 1 aliphatic heterocycles. The fourth-order valence-corrected chi connectivity index (χ4v) is 10.2. The zero-order chi connectivity index (χ0) is 16.3. The topological polar surface area (TPSA) is 0 Å². The van der Waals surface area contributed by atoms with E-state index in [9.17, 15) is 0 Å². The van der Waals surface area contributed by atoms with Gasteiger partial charge < -0.3 is 0 Å². The van der Waals surface area contributed by atoms with Crippen LogP contribution in [0.4, 0.5) is 0 Å². The zero-order valence-corrected chi connectivity index (χ0v) is 18.4. The van der Waals surface area contributed by atoms with Gasteiger partial charge in [-0.1, -0.05) is 0 Å². The molecule has 0 bridgehead atoms. The van der Waals surface area contributed by atoms with Gasteiger partial charge in [-0.2, -0.15) is 0 Å². The molecule has 2 aliphatic carbocycles. The molecule has 0 radical (unpaired) electrons. The van der Waals surface area contributed by atoms with Crippen molar-refractivity contribution in [3.8, 4) is 0 Å². The van der Waals surface area contributed by atoms with Gasteiger partial charge in [0.2, 0.25) is 0 Å². The molecular formula is C20H21S2Zr. The molecule has 3 aliphatic rings. The summed E-state index contributed by atoms with van der Waals surface area (Å²) in [6.07, 6.45) is 5.89. The van der Waals surface area contributed by atoms with Crippen molar-refractivity contribution in [2.45, 2.75) is 46.3 Å². The molecule has 23 heavy (non-hydrogen) atoms.